The van der Waals surface area contributed by atoms with Gasteiger partial charge in [0.05, 0.1) is 12.2 Å². The van der Waals surface area contributed by atoms with E-state index >= 15 is 0 Å². The minimum atomic E-state index is -3.58. The van der Waals surface area contributed by atoms with Crippen LogP contribution in [0.4, 0.5) is 0 Å². The number of carbonyl (C=O) groups is 2. The number of rotatable bonds is 6. The number of esters is 1. The first-order valence-corrected chi connectivity index (χ1v) is 7.20. The van der Waals surface area contributed by atoms with E-state index in [1.807, 2.05) is 0 Å². The molecule has 0 fully saturated rings. The van der Waals surface area contributed by atoms with E-state index in [-0.39, 0.29) is 25.1 Å². The van der Waals surface area contributed by atoms with Crippen LogP contribution in [0.2, 0.25) is 0 Å². The van der Waals surface area contributed by atoms with Crippen LogP contribution in [0.1, 0.15) is 33.6 Å². The van der Waals surface area contributed by atoms with Crippen LogP contribution in [-0.4, -0.2) is 38.2 Å². The lowest BCUT2D eigenvalue weighted by Crippen LogP contribution is -2.32. The van der Waals surface area contributed by atoms with Crippen LogP contribution in [0.5, 0.6) is 0 Å². The van der Waals surface area contributed by atoms with Crippen LogP contribution in [0.3, 0.4) is 0 Å². The van der Waals surface area contributed by atoms with Gasteiger partial charge in [0.2, 0.25) is 15.9 Å². The van der Waals surface area contributed by atoms with E-state index in [0.717, 1.165) is 0 Å². The largest absolute Gasteiger partial charge is 0.460 e. The highest BCUT2D eigenvalue weighted by atomic mass is 32.2. The molecule has 3 N–H and O–H groups in total. The summed E-state index contributed by atoms with van der Waals surface area (Å²) in [6.45, 7) is 5.14. The van der Waals surface area contributed by atoms with Gasteiger partial charge in [0.25, 0.3) is 0 Å². The monoisotopic (exact) mass is 280 g/mol. The Morgan fingerprint density at radius 1 is 1.22 bits per heavy atom. The van der Waals surface area contributed by atoms with Crippen molar-refractivity contribution in [2.24, 2.45) is 5.14 Å². The van der Waals surface area contributed by atoms with Crippen molar-refractivity contribution in [2.75, 3.05) is 12.3 Å². The highest BCUT2D eigenvalue weighted by Crippen LogP contribution is 2.08. The van der Waals surface area contributed by atoms with Gasteiger partial charge in [0, 0.05) is 13.0 Å². The quantitative estimate of drug-likeness (QED) is 0.637. The van der Waals surface area contributed by atoms with Crippen LogP contribution in [0, 0.1) is 0 Å². The summed E-state index contributed by atoms with van der Waals surface area (Å²) in [4.78, 5) is 22.5. The molecule has 1 amide bonds. The van der Waals surface area contributed by atoms with E-state index in [9.17, 15) is 18.0 Å². The predicted octanol–water partition coefficient (Wildman–Crippen LogP) is -0.487. The Bertz CT molecular complexity index is 397. The Hall–Kier alpha value is -1.15. The number of nitrogens with two attached hydrogens (primary N) is 1. The van der Waals surface area contributed by atoms with Crippen LogP contribution in [-0.2, 0) is 24.3 Å². The van der Waals surface area contributed by atoms with Crippen molar-refractivity contribution in [2.45, 2.75) is 39.2 Å². The zero-order valence-electron chi connectivity index (χ0n) is 10.9. The smallest absolute Gasteiger partial charge is 0.306 e. The van der Waals surface area contributed by atoms with E-state index in [4.69, 9.17) is 9.88 Å². The molecule has 0 atom stereocenters. The van der Waals surface area contributed by atoms with E-state index in [2.05, 4.69) is 5.32 Å². The average Bonchev–Trinajstić information content (AvgIpc) is 2.09. The molecule has 0 aliphatic heterocycles. The molecule has 8 heteroatoms. The zero-order chi connectivity index (χ0) is 14.4. The summed E-state index contributed by atoms with van der Waals surface area (Å²) in [5.41, 5.74) is -0.582. The van der Waals surface area contributed by atoms with Gasteiger partial charge in [-0.05, 0) is 20.8 Å². The van der Waals surface area contributed by atoms with Gasteiger partial charge >= 0.3 is 5.97 Å². The Balaban J connectivity index is 3.81. The summed E-state index contributed by atoms with van der Waals surface area (Å²) in [6, 6.07) is 0. The van der Waals surface area contributed by atoms with Crippen molar-refractivity contribution in [3.8, 4) is 0 Å². The molecule has 0 heterocycles. The van der Waals surface area contributed by atoms with Crippen LogP contribution in [0.25, 0.3) is 0 Å². The third-order valence-corrected chi connectivity index (χ3v) is 2.46. The van der Waals surface area contributed by atoms with E-state index in [0.29, 0.717) is 0 Å². The number of sulfonamides is 1. The molecule has 0 saturated carbocycles. The van der Waals surface area contributed by atoms with E-state index in [1.54, 1.807) is 20.8 Å². The van der Waals surface area contributed by atoms with Gasteiger partial charge in [0.15, 0.2) is 0 Å². The molecule has 18 heavy (non-hydrogen) atoms. The summed E-state index contributed by atoms with van der Waals surface area (Å²) in [6.07, 6.45) is -0.0853. The lowest BCUT2D eigenvalue weighted by atomic mass is 10.2. The second-order valence-electron chi connectivity index (χ2n) is 4.80. The molecule has 7 nitrogen and oxygen atoms in total. The highest BCUT2D eigenvalue weighted by Gasteiger charge is 2.17. The van der Waals surface area contributed by atoms with Crippen LogP contribution < -0.4 is 10.5 Å². The van der Waals surface area contributed by atoms with Crippen molar-refractivity contribution in [1.29, 1.82) is 0 Å². The normalized spacial score (nSPS) is 12.0. The first-order valence-electron chi connectivity index (χ1n) is 5.48. The van der Waals surface area contributed by atoms with Gasteiger partial charge in [-0.2, -0.15) is 0 Å². The van der Waals surface area contributed by atoms with Gasteiger partial charge in [-0.15, -0.1) is 0 Å². The maximum Gasteiger partial charge on any atom is 0.306 e. The summed E-state index contributed by atoms with van der Waals surface area (Å²) in [7, 11) is -3.58. The van der Waals surface area contributed by atoms with Crippen molar-refractivity contribution < 1.29 is 22.7 Å². The highest BCUT2D eigenvalue weighted by molar-refractivity contribution is 7.89. The van der Waals surface area contributed by atoms with Gasteiger partial charge in [0.1, 0.15) is 5.60 Å². The summed E-state index contributed by atoms with van der Waals surface area (Å²) >= 11 is 0. The number of primary sulfonamides is 1. The van der Waals surface area contributed by atoms with E-state index in [1.165, 1.54) is 0 Å². The SMILES string of the molecule is CC(C)(C)OC(=O)CCC(=O)NCCS(N)(=O)=O. The number of ether oxygens (including phenoxy) is 1. The molecule has 0 aromatic rings. The number of nitrogens with one attached hydrogen (secondary N) is 1. The second-order valence-corrected chi connectivity index (χ2v) is 6.54. The minimum absolute atomic E-state index is 0.0421. The van der Waals surface area contributed by atoms with Crippen molar-refractivity contribution in [3.63, 3.8) is 0 Å². The summed E-state index contributed by atoms with van der Waals surface area (Å²) < 4.78 is 26.2. The van der Waals surface area contributed by atoms with E-state index < -0.39 is 27.5 Å². The van der Waals surface area contributed by atoms with Gasteiger partial charge in [-0.25, -0.2) is 13.6 Å². The topological polar surface area (TPSA) is 116 Å². The van der Waals surface area contributed by atoms with Gasteiger partial charge < -0.3 is 10.1 Å². The van der Waals surface area contributed by atoms with Gasteiger partial charge in [-0.3, -0.25) is 9.59 Å². The fraction of sp³-hybridized carbons (Fsp3) is 0.800. The molecule has 0 spiro atoms. The second kappa shape index (κ2) is 6.69. The standard InChI is InChI=1S/C10H20N2O5S/c1-10(2,3)17-9(14)5-4-8(13)12-6-7-18(11,15)16/h4-7H2,1-3H3,(H,12,13)(H2,11,15,16). The molecule has 0 aromatic heterocycles. The molecular weight excluding hydrogens is 260 g/mol. The van der Waals surface area contributed by atoms with Crippen molar-refractivity contribution >= 4 is 21.9 Å². The Morgan fingerprint density at radius 3 is 2.22 bits per heavy atom. The Morgan fingerprint density at radius 2 is 1.78 bits per heavy atom. The minimum Gasteiger partial charge on any atom is -0.460 e. The molecule has 0 aliphatic carbocycles. The molecule has 0 radical (unpaired) electrons. The Kier molecular flexibility index (Phi) is 6.27. The molecule has 0 aromatic carbocycles. The first kappa shape index (κ1) is 16.9. The number of hydrogen-bond acceptors (Lipinski definition) is 5. The van der Waals surface area contributed by atoms with Gasteiger partial charge in [-0.1, -0.05) is 0 Å². The summed E-state index contributed by atoms with van der Waals surface area (Å²) in [5, 5.41) is 7.11. The summed E-state index contributed by atoms with van der Waals surface area (Å²) in [5.74, 6) is -1.21. The fourth-order valence-electron chi connectivity index (χ4n) is 1.03. The third-order valence-electron chi connectivity index (χ3n) is 1.68. The number of amides is 1. The van der Waals surface area contributed by atoms with Crippen molar-refractivity contribution in [3.05, 3.63) is 0 Å². The predicted molar refractivity (Wildman–Crippen MR) is 66.1 cm³/mol. The molecular formula is C10H20N2O5S. The molecule has 0 saturated heterocycles. The molecule has 0 bridgehead atoms. The van der Waals surface area contributed by atoms with Crippen LogP contribution >= 0.6 is 0 Å². The average molecular weight is 280 g/mol. The Labute approximate surface area is 107 Å². The number of carbonyl (C=O) groups excluding carboxylic acids is 2. The fourth-order valence-corrected chi connectivity index (χ4v) is 1.42. The number of hydrogen-bond donors (Lipinski definition) is 2. The molecule has 0 aliphatic rings. The van der Waals surface area contributed by atoms with Crippen LogP contribution in [0.15, 0.2) is 0 Å². The lowest BCUT2D eigenvalue weighted by molar-refractivity contribution is -0.155. The molecule has 106 valence electrons. The molecule has 0 rings (SSSR count). The lowest BCUT2D eigenvalue weighted by Gasteiger charge is -2.19. The maximum atomic E-state index is 11.3. The third kappa shape index (κ3) is 11.3. The zero-order valence-corrected chi connectivity index (χ0v) is 11.7. The maximum absolute atomic E-state index is 11.3. The molecule has 0 unspecified atom stereocenters. The first-order chi connectivity index (χ1) is 7.99. The van der Waals surface area contributed by atoms with Crippen molar-refractivity contribution in [1.82, 2.24) is 5.32 Å².